The number of rotatable bonds is 28. The first-order valence-electron chi connectivity index (χ1n) is 24.5. The first kappa shape index (κ1) is 72.4. The average molecular weight is 1080 g/mol. The number of hydrogen-bond acceptors (Lipinski definition) is 1. The Bertz CT molecular complexity index is 1900. The van der Waals surface area contributed by atoms with E-state index in [-0.39, 0.29) is 19.5 Å². The van der Waals surface area contributed by atoms with Crippen LogP contribution in [0.15, 0.2) is 134 Å². The van der Waals surface area contributed by atoms with Crippen molar-refractivity contribution in [2.45, 2.75) is 136 Å². The average Bonchev–Trinajstić information content (AvgIpc) is 3.33. The van der Waals surface area contributed by atoms with Crippen molar-refractivity contribution >= 4 is 0 Å². The Morgan fingerprint density at radius 2 is 0.747 bits per heavy atom. The second-order valence-electron chi connectivity index (χ2n) is 17.1. The van der Waals surface area contributed by atoms with Gasteiger partial charge in [-0.2, -0.15) is 19.3 Å². The second kappa shape index (κ2) is 41.5. The normalized spacial score (nSPS) is 11.8. The maximum Gasteiger partial charge on any atom is 0.251 e. The van der Waals surface area contributed by atoms with Crippen molar-refractivity contribution in [3.05, 3.63) is 188 Å². The van der Waals surface area contributed by atoms with Crippen LogP contribution < -0.4 is 0 Å². The predicted molar refractivity (Wildman–Crippen MR) is 284 cm³/mol. The van der Waals surface area contributed by atoms with E-state index in [1.165, 1.54) is 18.7 Å². The predicted octanol–water partition coefficient (Wildman–Crippen LogP) is 18.6. The van der Waals surface area contributed by atoms with Crippen molar-refractivity contribution in [1.82, 2.24) is 0 Å². The Morgan fingerprint density at radius 3 is 1.05 bits per heavy atom. The van der Waals surface area contributed by atoms with Crippen molar-refractivity contribution in [1.29, 1.82) is 0 Å². The largest absolute Gasteiger partial charge is 0.686 e. The van der Waals surface area contributed by atoms with E-state index in [1.54, 1.807) is 43.5 Å². The maximum atomic E-state index is 13.0. The highest BCUT2D eigenvalue weighted by Gasteiger charge is 2.37. The molecule has 4 aromatic carbocycles. The van der Waals surface area contributed by atoms with Gasteiger partial charge in [-0.3, -0.25) is 0 Å². The summed E-state index contributed by atoms with van der Waals surface area (Å²) in [6, 6.07) is 37.9. The smallest absolute Gasteiger partial charge is 0.251 e. The number of benzene rings is 4. The molecule has 0 saturated carbocycles. The molecule has 0 spiro atoms. The number of alkyl halides is 12. The highest BCUT2D eigenvalue weighted by atomic mass is 19.3. The number of ether oxygens (including phenoxy) is 1. The summed E-state index contributed by atoms with van der Waals surface area (Å²) in [6.07, 6.45) is 0.425. The molecule has 0 heterocycles. The van der Waals surface area contributed by atoms with E-state index in [1.807, 2.05) is 92.7 Å². The third kappa shape index (κ3) is 51.2. The summed E-state index contributed by atoms with van der Waals surface area (Å²) in [5.74, 6) is -18.9. The van der Waals surface area contributed by atoms with Crippen molar-refractivity contribution in [3.8, 4) is 0 Å². The van der Waals surface area contributed by atoms with Gasteiger partial charge >= 0.3 is 0 Å². The molecular weight excluding hydrogens is 1000 g/mol. The van der Waals surface area contributed by atoms with Gasteiger partial charge in [-0.15, -0.1) is 38.8 Å². The molecule has 0 N–H and O–H groups in total. The zero-order valence-corrected chi connectivity index (χ0v) is 44.6. The molecule has 7 nitrogen and oxygen atoms in total. The van der Waals surface area contributed by atoms with E-state index in [9.17, 15) is 52.7 Å². The van der Waals surface area contributed by atoms with Gasteiger partial charge in [-0.1, -0.05) is 197 Å². The van der Waals surface area contributed by atoms with Gasteiger partial charge in [0, 0.05) is 20.1 Å². The summed E-state index contributed by atoms with van der Waals surface area (Å²) in [5, 5.41) is 22.8. The van der Waals surface area contributed by atoms with Crippen LogP contribution in [0.1, 0.15) is 96.4 Å². The number of nitrogens with zero attached hydrogens (tertiary/aromatic N) is 6. The van der Waals surface area contributed by atoms with Crippen LogP contribution in [0.2, 0.25) is 0 Å². The summed E-state index contributed by atoms with van der Waals surface area (Å²) in [5.41, 5.74) is 4.02. The van der Waals surface area contributed by atoms with Crippen molar-refractivity contribution in [2.24, 2.45) is 0 Å². The van der Waals surface area contributed by atoms with E-state index in [4.69, 9.17) is 4.74 Å². The summed E-state index contributed by atoms with van der Waals surface area (Å²) < 4.78 is 156. The number of likely N-dealkylation sites (N-methyl/N-ethyl adjacent to an activating group) is 1. The minimum absolute atomic E-state index is 0.117. The number of allylic oxidation sites excluding steroid dienone is 1. The fourth-order valence-electron chi connectivity index (χ4n) is 5.47. The van der Waals surface area contributed by atoms with Crippen LogP contribution in [-0.2, 0) is 30.9 Å². The topological polar surface area (TPSA) is 93.8 Å². The Balaban J connectivity index is 0. The van der Waals surface area contributed by atoms with Gasteiger partial charge in [0.15, 0.2) is 0 Å². The molecule has 0 amide bonds. The molecule has 0 aromatic heterocycles. The molecule has 0 radical (unpaired) electrons. The van der Waals surface area contributed by atoms with Crippen LogP contribution in [0.25, 0.3) is 31.9 Å². The first-order valence-corrected chi connectivity index (χ1v) is 24.5. The molecule has 0 aliphatic heterocycles. The number of methoxy groups -OCH3 is 1. The molecule has 0 unspecified atom stereocenters. The second-order valence-corrected chi connectivity index (χ2v) is 17.1. The van der Waals surface area contributed by atoms with E-state index in [0.717, 1.165) is 56.4 Å². The number of halogens is 12. The van der Waals surface area contributed by atoms with Crippen molar-refractivity contribution < 1.29 is 57.4 Å². The van der Waals surface area contributed by atoms with Gasteiger partial charge in [0.1, 0.15) is 0 Å². The molecule has 0 saturated heterocycles. The Labute approximate surface area is 439 Å². The quantitative estimate of drug-likeness (QED) is 0.0411. The molecule has 0 bridgehead atoms. The van der Waals surface area contributed by atoms with E-state index in [2.05, 4.69) is 51.0 Å². The first-order chi connectivity index (χ1) is 35.1. The van der Waals surface area contributed by atoms with Crippen LogP contribution >= 0.6 is 0 Å². The lowest BCUT2D eigenvalue weighted by molar-refractivity contribution is -0.0929. The van der Waals surface area contributed by atoms with Crippen molar-refractivity contribution in [2.75, 3.05) is 59.5 Å². The van der Waals surface area contributed by atoms with E-state index >= 15 is 0 Å². The Hall–Kier alpha value is -4.66. The lowest BCUT2D eigenvalue weighted by atomic mass is 10.1. The molecule has 0 aliphatic carbocycles. The highest BCUT2D eigenvalue weighted by Crippen LogP contribution is 2.32. The molecule has 0 fully saturated rings. The Morgan fingerprint density at radius 1 is 0.413 bits per heavy atom. The lowest BCUT2D eigenvalue weighted by Crippen LogP contribution is -2.29. The van der Waals surface area contributed by atoms with Crippen LogP contribution in [0.3, 0.4) is 0 Å². The van der Waals surface area contributed by atoms with E-state index < -0.39 is 68.0 Å². The molecule has 19 heteroatoms. The van der Waals surface area contributed by atoms with Gasteiger partial charge in [0.2, 0.25) is 23.7 Å². The summed E-state index contributed by atoms with van der Waals surface area (Å²) >= 11 is 0. The van der Waals surface area contributed by atoms with Crippen LogP contribution in [0, 0.1) is 0 Å². The number of hydrogen-bond donors (Lipinski definition) is 0. The monoisotopic (exact) mass is 1080 g/mol. The third-order valence-corrected chi connectivity index (χ3v) is 8.95. The van der Waals surface area contributed by atoms with E-state index in [0.29, 0.717) is 33.4 Å². The fourth-order valence-corrected chi connectivity index (χ4v) is 5.47. The molecule has 428 valence electrons. The lowest BCUT2D eigenvalue weighted by Gasteiger charge is -2.28. The molecular formula is C56H78F12N6O-6. The third-order valence-electron chi connectivity index (χ3n) is 8.95. The van der Waals surface area contributed by atoms with Gasteiger partial charge in [-0.25, -0.2) is 52.7 Å². The van der Waals surface area contributed by atoms with Crippen LogP contribution in [0.5, 0.6) is 0 Å². The SMILES string of the molecule is CC(F)(F)CC(F)(F)C[N-]Cc1ccccc1.CC(F)(F)C[N-]Cc1ccccc1.CC/C=C\[N-]CC(F)(F)CC(C)(F)F.CCC(F)(F)C[N-]Cc1ccccc1.CC[N-]CCOC.CC[N-]Cc1ccccc1. The summed E-state index contributed by atoms with van der Waals surface area (Å²) in [4.78, 5) is 0. The molecule has 4 aromatic rings. The zero-order valence-electron chi connectivity index (χ0n) is 44.6. The maximum absolute atomic E-state index is 13.0. The van der Waals surface area contributed by atoms with Gasteiger partial charge in [0.25, 0.3) is 11.8 Å². The fraction of sp³-hybridized carbons (Fsp3) is 0.536. The molecule has 75 heavy (non-hydrogen) atoms. The Kier molecular flexibility index (Phi) is 40.1. The minimum atomic E-state index is -3.45. The molecule has 0 aliphatic rings. The van der Waals surface area contributed by atoms with Crippen LogP contribution in [0.4, 0.5) is 52.7 Å². The van der Waals surface area contributed by atoms with Gasteiger partial charge in [-0.05, 0) is 27.2 Å². The van der Waals surface area contributed by atoms with Crippen molar-refractivity contribution in [3.63, 3.8) is 0 Å². The highest BCUT2D eigenvalue weighted by molar-refractivity contribution is 5.20. The van der Waals surface area contributed by atoms with Gasteiger partial charge < -0.3 is 36.6 Å². The van der Waals surface area contributed by atoms with Gasteiger partial charge in [0.05, 0.1) is 12.8 Å². The minimum Gasteiger partial charge on any atom is -0.686 e. The van der Waals surface area contributed by atoms with Crippen LogP contribution in [-0.4, -0.2) is 95.1 Å². The standard InChI is InChI=1S/C12H14F4N.C11H14F2N.C10H12F2N.C9H14F4N.C9H12N.C5H12NO/c1-11(13,14)8-12(15,16)9-17-7-10-5-3-2-4-6-10;1-2-11(12,13)9-14-8-10-6-4-3-5-7-10;1-10(11,12)8-13-7-9-5-3-2-4-6-9;1-3-4-5-14-7-9(12,13)6-8(2,10)11;1-2-10-8-9-6-4-3-5-7-9;1-3-6-4-5-7-2/h2-6H,7-9H2,1H3;3-7H,2,8-9H2,1H3;2-6H,7-8H2,1H3;4-5H,3,6-7H2,1-2H3;3-7H,2,8H2,1H3;3-5H2,1-2H3/q6*-1/b;;;5-4-;;. The zero-order chi connectivity index (χ0) is 57.1. The molecule has 0 atom stereocenters. The molecule has 4 rings (SSSR count). The summed E-state index contributed by atoms with van der Waals surface area (Å²) in [7, 11) is 1.69. The summed E-state index contributed by atoms with van der Waals surface area (Å²) in [6.45, 7) is 11.8.